The van der Waals surface area contributed by atoms with Crippen LogP contribution in [0.2, 0.25) is 5.02 Å². The van der Waals surface area contributed by atoms with E-state index in [1.165, 1.54) is 12.1 Å². The van der Waals surface area contributed by atoms with Gasteiger partial charge >= 0.3 is 0 Å². The Hall–Kier alpha value is -1.38. The fraction of sp³-hybridized carbons (Fsp3) is 0.455. The lowest BCUT2D eigenvalue weighted by Gasteiger charge is -2.23. The molecule has 1 aromatic heterocycles. The van der Waals surface area contributed by atoms with E-state index in [0.29, 0.717) is 12.2 Å². The molecule has 0 bridgehead atoms. The van der Waals surface area contributed by atoms with Crippen molar-refractivity contribution < 1.29 is 13.2 Å². The molecule has 4 N–H and O–H groups in total. The topological polar surface area (TPSA) is 114 Å². The van der Waals surface area contributed by atoms with Crippen molar-refractivity contribution in [2.75, 3.05) is 16.9 Å². The van der Waals surface area contributed by atoms with Gasteiger partial charge in [0.1, 0.15) is 11.5 Å². The van der Waals surface area contributed by atoms with Crippen molar-refractivity contribution in [2.24, 2.45) is 5.84 Å². The molecule has 1 saturated heterocycles. The molecule has 1 unspecified atom stereocenters. The van der Waals surface area contributed by atoms with Crippen LogP contribution in [0.4, 0.5) is 5.82 Å². The molecule has 0 saturated carbocycles. The summed E-state index contributed by atoms with van der Waals surface area (Å²) in [5, 5.41) is 2.86. The molecule has 1 atom stereocenters. The molecule has 1 amide bonds. The molecule has 2 heterocycles. The predicted octanol–water partition coefficient (Wildman–Crippen LogP) is 0.328. The standard InChI is InChI=1S/C11H15ClN4O3S/c1-11(4-5-20(18,19)6-11)15-10(17)9-7(12)2-3-8(14-9)16-13/h2-3H,4-6,13H2,1H3,(H,14,16)(H,15,17). The van der Waals surface area contributed by atoms with Crippen molar-refractivity contribution in [2.45, 2.75) is 18.9 Å². The van der Waals surface area contributed by atoms with E-state index < -0.39 is 21.3 Å². The van der Waals surface area contributed by atoms with Gasteiger partial charge in [-0.3, -0.25) is 4.79 Å². The summed E-state index contributed by atoms with van der Waals surface area (Å²) in [6.45, 7) is 1.69. The third-order valence-corrected chi connectivity index (χ3v) is 5.34. The molecule has 1 aromatic rings. The fourth-order valence-electron chi connectivity index (χ4n) is 2.12. The highest BCUT2D eigenvalue weighted by atomic mass is 35.5. The largest absolute Gasteiger partial charge is 0.344 e. The number of carbonyl (C=O) groups excluding carboxylic acids is 1. The molecule has 1 aliphatic heterocycles. The first-order valence-electron chi connectivity index (χ1n) is 5.91. The van der Waals surface area contributed by atoms with Crippen LogP contribution >= 0.6 is 11.6 Å². The van der Waals surface area contributed by atoms with Gasteiger partial charge in [-0.25, -0.2) is 19.2 Å². The van der Waals surface area contributed by atoms with Crippen molar-refractivity contribution in [3.05, 3.63) is 22.8 Å². The van der Waals surface area contributed by atoms with Crippen LogP contribution in [0.25, 0.3) is 0 Å². The minimum absolute atomic E-state index is 0.00707. The average Bonchev–Trinajstić information content (AvgIpc) is 2.63. The quantitative estimate of drug-likeness (QED) is 0.546. The molecule has 110 valence electrons. The van der Waals surface area contributed by atoms with Crippen molar-refractivity contribution in [1.82, 2.24) is 10.3 Å². The second kappa shape index (κ2) is 5.19. The fourth-order valence-corrected chi connectivity index (χ4v) is 4.41. The van der Waals surface area contributed by atoms with Crippen LogP contribution < -0.4 is 16.6 Å². The van der Waals surface area contributed by atoms with Gasteiger partial charge in [0.15, 0.2) is 9.84 Å². The number of halogens is 1. The van der Waals surface area contributed by atoms with Gasteiger partial charge in [0.2, 0.25) is 0 Å². The zero-order valence-corrected chi connectivity index (χ0v) is 12.4. The maximum absolute atomic E-state index is 12.2. The third kappa shape index (κ3) is 3.20. The number of aromatic nitrogens is 1. The molecular formula is C11H15ClN4O3S. The summed E-state index contributed by atoms with van der Waals surface area (Å²) in [5.74, 6) is 4.98. The van der Waals surface area contributed by atoms with Gasteiger partial charge in [-0.1, -0.05) is 11.6 Å². The van der Waals surface area contributed by atoms with Crippen molar-refractivity contribution >= 4 is 33.2 Å². The number of hydrogen-bond acceptors (Lipinski definition) is 6. The van der Waals surface area contributed by atoms with Gasteiger partial charge in [0.05, 0.1) is 22.1 Å². The van der Waals surface area contributed by atoms with Crippen molar-refractivity contribution in [1.29, 1.82) is 0 Å². The Morgan fingerprint density at radius 3 is 2.75 bits per heavy atom. The van der Waals surface area contributed by atoms with E-state index in [9.17, 15) is 13.2 Å². The van der Waals surface area contributed by atoms with E-state index >= 15 is 0 Å². The summed E-state index contributed by atoms with van der Waals surface area (Å²) < 4.78 is 23.0. The minimum Gasteiger partial charge on any atom is -0.344 e. The van der Waals surface area contributed by atoms with Crippen LogP contribution in [-0.2, 0) is 9.84 Å². The molecule has 9 heteroatoms. The number of nitrogens with two attached hydrogens (primary N) is 1. The molecule has 0 radical (unpaired) electrons. The summed E-state index contributed by atoms with van der Waals surface area (Å²) in [7, 11) is -3.11. The lowest BCUT2D eigenvalue weighted by Crippen LogP contribution is -2.47. The lowest BCUT2D eigenvalue weighted by atomic mass is 10.0. The summed E-state index contributed by atoms with van der Waals surface area (Å²) in [6.07, 6.45) is 0.369. The first-order valence-corrected chi connectivity index (χ1v) is 8.11. The van der Waals surface area contributed by atoms with Crippen molar-refractivity contribution in [3.8, 4) is 0 Å². The number of nitrogens with zero attached hydrogens (tertiary/aromatic N) is 1. The lowest BCUT2D eigenvalue weighted by molar-refractivity contribution is 0.0910. The van der Waals surface area contributed by atoms with Gasteiger partial charge < -0.3 is 10.7 Å². The molecule has 7 nitrogen and oxygen atoms in total. The van der Waals surface area contributed by atoms with E-state index in [-0.39, 0.29) is 22.2 Å². The smallest absolute Gasteiger partial charge is 0.271 e. The van der Waals surface area contributed by atoms with Gasteiger partial charge in [0.25, 0.3) is 5.91 Å². The highest BCUT2D eigenvalue weighted by Crippen LogP contribution is 2.24. The Labute approximate surface area is 121 Å². The number of hydrazine groups is 1. The normalized spacial score (nSPS) is 24.4. The Kier molecular flexibility index (Phi) is 3.90. The molecule has 0 aliphatic carbocycles. The minimum atomic E-state index is -3.11. The number of nitrogens with one attached hydrogen (secondary N) is 2. The van der Waals surface area contributed by atoms with Gasteiger partial charge in [-0.15, -0.1) is 0 Å². The molecule has 0 spiro atoms. The number of nitrogen functional groups attached to an aromatic ring is 1. The highest BCUT2D eigenvalue weighted by Gasteiger charge is 2.40. The summed E-state index contributed by atoms with van der Waals surface area (Å²) in [4.78, 5) is 16.2. The number of sulfone groups is 1. The monoisotopic (exact) mass is 318 g/mol. The van der Waals surface area contributed by atoms with Crippen molar-refractivity contribution in [3.63, 3.8) is 0 Å². The number of carbonyl (C=O) groups is 1. The number of hydrogen-bond donors (Lipinski definition) is 3. The van der Waals surface area contributed by atoms with E-state index in [0.717, 1.165) is 0 Å². The first-order chi connectivity index (χ1) is 9.25. The Morgan fingerprint density at radius 1 is 1.50 bits per heavy atom. The van der Waals surface area contributed by atoms with Crippen LogP contribution in [0.3, 0.4) is 0 Å². The summed E-state index contributed by atoms with van der Waals surface area (Å²) in [5.41, 5.74) is 1.53. The number of rotatable bonds is 3. The number of anilines is 1. The second-order valence-corrected chi connectivity index (χ2v) is 7.62. The molecular weight excluding hydrogens is 304 g/mol. The third-order valence-electron chi connectivity index (χ3n) is 3.13. The number of pyridine rings is 1. The van der Waals surface area contributed by atoms with Gasteiger partial charge in [-0.05, 0) is 25.5 Å². The van der Waals surface area contributed by atoms with Crippen LogP contribution in [-0.4, -0.2) is 36.4 Å². The van der Waals surface area contributed by atoms with Crippen LogP contribution in [0, 0.1) is 0 Å². The maximum atomic E-state index is 12.2. The van der Waals surface area contributed by atoms with E-state index in [2.05, 4.69) is 15.7 Å². The molecule has 2 rings (SSSR count). The molecule has 1 aliphatic rings. The van der Waals surface area contributed by atoms with E-state index in [1.54, 1.807) is 6.92 Å². The number of amides is 1. The summed E-state index contributed by atoms with van der Waals surface area (Å²) >= 11 is 5.92. The summed E-state index contributed by atoms with van der Waals surface area (Å²) in [6, 6.07) is 3.02. The Morgan fingerprint density at radius 2 is 2.20 bits per heavy atom. The van der Waals surface area contributed by atoms with Gasteiger partial charge in [-0.2, -0.15) is 0 Å². The zero-order chi connectivity index (χ0) is 15.0. The predicted molar refractivity (Wildman–Crippen MR) is 76.2 cm³/mol. The maximum Gasteiger partial charge on any atom is 0.271 e. The SMILES string of the molecule is CC1(NC(=O)c2nc(NN)ccc2Cl)CCS(=O)(=O)C1. The van der Waals surface area contributed by atoms with Gasteiger partial charge in [0, 0.05) is 0 Å². The van der Waals surface area contributed by atoms with E-state index in [1.807, 2.05) is 0 Å². The first kappa shape index (κ1) is 15.0. The molecule has 20 heavy (non-hydrogen) atoms. The average molecular weight is 319 g/mol. The highest BCUT2D eigenvalue weighted by molar-refractivity contribution is 7.91. The van der Waals surface area contributed by atoms with Crippen LogP contribution in [0.1, 0.15) is 23.8 Å². The van der Waals surface area contributed by atoms with Crippen LogP contribution in [0.15, 0.2) is 12.1 Å². The zero-order valence-electron chi connectivity index (χ0n) is 10.8. The second-order valence-electron chi connectivity index (χ2n) is 5.03. The molecule has 1 fully saturated rings. The Bertz CT molecular complexity index is 649. The Balaban J connectivity index is 2.21. The molecule has 0 aromatic carbocycles. The van der Waals surface area contributed by atoms with Crippen LogP contribution in [0.5, 0.6) is 0 Å². The van der Waals surface area contributed by atoms with E-state index in [4.69, 9.17) is 17.4 Å².